The molecule has 28 heteroatoms. The first-order chi connectivity index (χ1) is 39.9. The van der Waals surface area contributed by atoms with Crippen molar-refractivity contribution in [3.8, 4) is 0 Å². The van der Waals surface area contributed by atoms with Gasteiger partial charge in [-0.3, -0.25) is 0 Å². The molecule has 0 radical (unpaired) electrons. The normalized spacial score (nSPS) is 56.8. The number of fused-ring (bicyclic) bond motifs is 7. The lowest BCUT2D eigenvalue weighted by molar-refractivity contribution is -0.410. The van der Waals surface area contributed by atoms with Gasteiger partial charge in [0.15, 0.2) is 37.2 Å². The number of aliphatic hydroxyl groups excluding tert-OH is 16. The van der Waals surface area contributed by atoms with Crippen LogP contribution in [0.25, 0.3) is 0 Å². The molecular formula is C56H90O28. The molecule has 7 saturated heterocycles. The predicted molar refractivity (Wildman–Crippen MR) is 276 cm³/mol. The smallest absolute Gasteiger partial charge is 0.187 e. The van der Waals surface area contributed by atoms with Crippen LogP contribution < -0.4 is 0 Å². The summed E-state index contributed by atoms with van der Waals surface area (Å²) in [7, 11) is 0. The van der Waals surface area contributed by atoms with Gasteiger partial charge >= 0.3 is 0 Å². The fourth-order valence-electron chi connectivity index (χ4n) is 17.2. The molecule has 0 aromatic carbocycles. The number of hydrogen-bond acceptors (Lipinski definition) is 28. The lowest BCUT2D eigenvalue weighted by Gasteiger charge is -2.62. The second kappa shape index (κ2) is 25.0. The second-order valence-electron chi connectivity index (χ2n) is 26.4. The maximum atomic E-state index is 12.1. The lowest BCUT2D eigenvalue weighted by atomic mass is 9.44. The molecule has 16 N–H and O–H groups in total. The molecule has 4 saturated carbocycles. The Morgan fingerprint density at radius 2 is 1.08 bits per heavy atom. The van der Waals surface area contributed by atoms with Crippen molar-refractivity contribution in [2.75, 3.05) is 39.6 Å². The van der Waals surface area contributed by atoms with Crippen molar-refractivity contribution in [2.45, 2.75) is 250 Å². The second-order valence-corrected chi connectivity index (χ2v) is 26.4. The summed E-state index contributed by atoms with van der Waals surface area (Å²) in [6.07, 6.45) is -39.4. The molecule has 36 atom stereocenters. The molecule has 1 spiro atoms. The summed E-state index contributed by atoms with van der Waals surface area (Å²) in [5, 5.41) is 176. The minimum atomic E-state index is -2.20. The van der Waals surface area contributed by atoms with E-state index in [2.05, 4.69) is 27.4 Å². The lowest BCUT2D eigenvalue weighted by Crippen LogP contribution is -2.69. The Morgan fingerprint density at radius 3 is 1.75 bits per heavy atom. The van der Waals surface area contributed by atoms with Crippen LogP contribution in [0.5, 0.6) is 0 Å². The van der Waals surface area contributed by atoms with Crippen molar-refractivity contribution in [2.24, 2.45) is 46.3 Å². The van der Waals surface area contributed by atoms with Crippen molar-refractivity contribution in [3.05, 3.63) is 12.2 Å². The molecule has 5 unspecified atom stereocenters. The largest absolute Gasteiger partial charge is 0.394 e. The molecule has 11 aliphatic rings. The third-order valence-electron chi connectivity index (χ3n) is 21.9. The van der Waals surface area contributed by atoms with Crippen LogP contribution in [0.3, 0.4) is 0 Å². The third kappa shape index (κ3) is 11.1. The summed E-state index contributed by atoms with van der Waals surface area (Å²) in [5.41, 5.74) is 0.936. The zero-order valence-electron chi connectivity index (χ0n) is 47.4. The summed E-state index contributed by atoms with van der Waals surface area (Å²) in [5.74, 6) is 1.40. The van der Waals surface area contributed by atoms with Gasteiger partial charge in [-0.1, -0.05) is 32.9 Å². The first kappa shape index (κ1) is 64.2. The van der Waals surface area contributed by atoms with Crippen LogP contribution in [-0.4, -0.2) is 293 Å². The standard InChI is InChI=1S/C56H90O28/c1-20-7-10-56(74-18-20)21(2)34-29(84-56)12-25-23-6-5-22-11-28(26(61)13-55(22,4)24(23)8-9-54(25,34)3)75-50-43(71)40(68)45(33(17-60)79-50)80-53-48(47(38(66)32(16-59)78-53)82-49-41(69)35(63)27(62)19-73-49)83-52-44(72)46(37(65)31(15-58)77-52)81-51-42(70)39(67)36(64)30(14-57)76-51/h21-53,57-72H,1,5-19H2,2-4H3/t21-,22-,23?,24?,25?,26+,27+,28+,29?,30+,31+,32+,33+,34?,35-,36+,37+,38+,39-,40+,41+,42+,43+,44+,45-,46-,47-,48+,49-,50+,51-,52-,53-,54-,55-,56+/m0/s1. The van der Waals surface area contributed by atoms with Crippen LogP contribution in [-0.2, 0) is 56.8 Å². The number of hydrogen-bond donors (Lipinski definition) is 16. The highest BCUT2D eigenvalue weighted by molar-refractivity contribution is 5.17. The van der Waals surface area contributed by atoms with Crippen LogP contribution >= 0.6 is 0 Å². The molecule has 4 aliphatic carbocycles. The van der Waals surface area contributed by atoms with Crippen LogP contribution in [0.2, 0.25) is 0 Å². The molecule has 0 bridgehead atoms. The van der Waals surface area contributed by atoms with Gasteiger partial charge in [0.2, 0.25) is 0 Å². The monoisotopic (exact) mass is 1210 g/mol. The minimum absolute atomic E-state index is 0.0782. The minimum Gasteiger partial charge on any atom is -0.394 e. The molecule has 0 amide bonds. The van der Waals surface area contributed by atoms with Gasteiger partial charge in [0.1, 0.15) is 116 Å². The van der Waals surface area contributed by atoms with E-state index in [0.29, 0.717) is 43.1 Å². The van der Waals surface area contributed by atoms with Crippen molar-refractivity contribution in [1.82, 2.24) is 0 Å². The van der Waals surface area contributed by atoms with Gasteiger partial charge in [-0.2, -0.15) is 0 Å². The van der Waals surface area contributed by atoms with Crippen LogP contribution in [0, 0.1) is 46.3 Å². The van der Waals surface area contributed by atoms with E-state index in [-0.39, 0.29) is 28.8 Å². The predicted octanol–water partition coefficient (Wildman–Crippen LogP) is -5.56. The Labute approximate surface area is 485 Å². The van der Waals surface area contributed by atoms with E-state index < -0.39 is 198 Å². The Bertz CT molecular complexity index is 2230. The van der Waals surface area contributed by atoms with E-state index >= 15 is 0 Å². The van der Waals surface area contributed by atoms with Crippen molar-refractivity contribution in [3.63, 3.8) is 0 Å². The topological polar surface area (TPSA) is 434 Å². The molecular weight excluding hydrogens is 1120 g/mol. The summed E-state index contributed by atoms with van der Waals surface area (Å²) < 4.78 is 72.9. The molecule has 11 rings (SSSR count). The van der Waals surface area contributed by atoms with Gasteiger partial charge in [-0.25, -0.2) is 0 Å². The van der Waals surface area contributed by atoms with Crippen molar-refractivity contribution < 1.29 is 139 Å². The summed E-state index contributed by atoms with van der Waals surface area (Å²) in [6.45, 7) is 7.39. The van der Waals surface area contributed by atoms with E-state index in [9.17, 15) is 81.7 Å². The Morgan fingerprint density at radius 1 is 0.512 bits per heavy atom. The fraction of sp³-hybridized carbons (Fsp3) is 0.964. The molecule has 0 aromatic heterocycles. The van der Waals surface area contributed by atoms with Gasteiger partial charge in [0.25, 0.3) is 0 Å². The molecule has 11 fully saturated rings. The van der Waals surface area contributed by atoms with Gasteiger partial charge in [0, 0.05) is 12.3 Å². The van der Waals surface area contributed by atoms with Crippen LogP contribution in [0.1, 0.15) is 78.6 Å². The molecule has 84 heavy (non-hydrogen) atoms. The highest BCUT2D eigenvalue weighted by Gasteiger charge is 2.70. The summed E-state index contributed by atoms with van der Waals surface area (Å²) >= 11 is 0. The summed E-state index contributed by atoms with van der Waals surface area (Å²) in [4.78, 5) is 0. The van der Waals surface area contributed by atoms with Gasteiger partial charge in [-0.05, 0) is 91.8 Å². The Hall–Kier alpha value is -1.38. The van der Waals surface area contributed by atoms with E-state index in [1.54, 1.807) is 0 Å². The van der Waals surface area contributed by atoms with E-state index in [1.807, 2.05) is 0 Å². The highest BCUT2D eigenvalue weighted by atomic mass is 16.8. The van der Waals surface area contributed by atoms with Crippen molar-refractivity contribution in [1.29, 1.82) is 0 Å². The number of aliphatic hydroxyl groups is 16. The zero-order valence-corrected chi connectivity index (χ0v) is 47.4. The molecule has 7 aliphatic heterocycles. The summed E-state index contributed by atoms with van der Waals surface area (Å²) in [6, 6.07) is 0. The van der Waals surface area contributed by atoms with E-state index in [0.717, 1.165) is 50.5 Å². The molecule has 0 aromatic rings. The molecule has 482 valence electrons. The SMILES string of the molecule is C=C1CC[C@@]2(OC1)OC1CC3C4CC[C@H]5C[C@@H](O[C@@H]6O[C@H](CO)[C@H](O[C@@H]7O[C@H](CO)[C@@H](O)[C@H](O[C@@H]8OC[C@@H](O)[C@H](O)[C@H]8O)[C@H]7O[C@@H]7O[C@H](CO)[C@@H](O)[C@H](O[C@@H]8O[C@H](CO)[C@@H](O)[C@H](O)[C@H]8O)[C@H]7O)[C@H](O)[C@H]6O)[C@H](O)C[C@]5(C)C4CC[C@]3(C)C1[C@@H]2C. The highest BCUT2D eigenvalue weighted by Crippen LogP contribution is 2.71. The van der Waals surface area contributed by atoms with E-state index in [1.165, 1.54) is 0 Å². The number of rotatable bonds is 14. The zero-order chi connectivity index (χ0) is 60.2. The van der Waals surface area contributed by atoms with E-state index in [4.69, 9.17) is 56.8 Å². The quantitative estimate of drug-likeness (QED) is 0.0570. The number of ether oxygens (including phenoxy) is 12. The first-order valence-electron chi connectivity index (χ1n) is 30.0. The average molecular weight is 1210 g/mol. The maximum absolute atomic E-state index is 12.1. The Kier molecular flexibility index (Phi) is 19.1. The fourth-order valence-corrected chi connectivity index (χ4v) is 17.2. The average Bonchev–Trinajstić information content (AvgIpc) is 1.56. The molecule has 7 heterocycles. The third-order valence-corrected chi connectivity index (χ3v) is 21.9. The first-order valence-corrected chi connectivity index (χ1v) is 30.0. The van der Waals surface area contributed by atoms with Gasteiger partial charge < -0.3 is 139 Å². The van der Waals surface area contributed by atoms with Crippen LogP contribution in [0.4, 0.5) is 0 Å². The van der Waals surface area contributed by atoms with Crippen molar-refractivity contribution >= 4 is 0 Å². The van der Waals surface area contributed by atoms with Crippen LogP contribution in [0.15, 0.2) is 12.2 Å². The van der Waals surface area contributed by atoms with Gasteiger partial charge in [-0.15, -0.1) is 0 Å². The molecule has 28 nitrogen and oxygen atoms in total. The maximum Gasteiger partial charge on any atom is 0.187 e. The Balaban J connectivity index is 0.793. The van der Waals surface area contributed by atoms with Gasteiger partial charge in [0.05, 0.1) is 58.0 Å².